The van der Waals surface area contributed by atoms with E-state index in [1.165, 1.54) is 18.6 Å². The van der Waals surface area contributed by atoms with Gasteiger partial charge >= 0.3 is 0 Å². The molecule has 3 rings (SSSR count). The number of H-pyrrole nitrogens is 1. The van der Waals surface area contributed by atoms with Crippen molar-refractivity contribution in [1.82, 2.24) is 14.5 Å². The number of carbonyl (C=O) groups excluding carboxylic acids is 1. The second-order valence-electron chi connectivity index (χ2n) is 5.52. The van der Waals surface area contributed by atoms with Crippen molar-refractivity contribution in [2.24, 2.45) is 0 Å². The Morgan fingerprint density at radius 2 is 2.05 bits per heavy atom. The number of rotatable bonds is 2. The third-order valence-corrected chi connectivity index (χ3v) is 4.39. The Morgan fingerprint density at radius 3 is 2.76 bits per heavy atom. The maximum absolute atomic E-state index is 13.5. The van der Waals surface area contributed by atoms with Gasteiger partial charge in [0, 0.05) is 13.1 Å². The van der Waals surface area contributed by atoms with Crippen LogP contribution in [0.4, 0.5) is 4.39 Å². The molecule has 1 saturated heterocycles. The summed E-state index contributed by atoms with van der Waals surface area (Å²) in [7, 11) is 0. The zero-order valence-electron chi connectivity index (χ0n) is 11.9. The molecule has 1 aliphatic heterocycles. The summed E-state index contributed by atoms with van der Waals surface area (Å²) in [6, 6.07) is 4.03. The van der Waals surface area contributed by atoms with E-state index in [1.54, 1.807) is 10.6 Å². The lowest BCUT2D eigenvalue weighted by molar-refractivity contribution is -0.135. The SMILES string of the molecule is CC(C(=O)N1CCCCC1)n1c(=S)[nH]c2ccc(F)cc21. The molecular formula is C15H18FN3OS. The van der Waals surface area contributed by atoms with E-state index in [9.17, 15) is 9.18 Å². The number of likely N-dealkylation sites (tertiary alicyclic amines) is 1. The predicted molar refractivity (Wildman–Crippen MR) is 82.2 cm³/mol. The number of benzene rings is 1. The Morgan fingerprint density at radius 1 is 1.33 bits per heavy atom. The number of nitrogens with zero attached hydrogens (tertiary/aromatic N) is 2. The zero-order valence-corrected chi connectivity index (χ0v) is 12.8. The van der Waals surface area contributed by atoms with Gasteiger partial charge < -0.3 is 14.5 Å². The number of carbonyl (C=O) groups is 1. The van der Waals surface area contributed by atoms with Crippen molar-refractivity contribution in [3.8, 4) is 0 Å². The molecule has 0 saturated carbocycles. The van der Waals surface area contributed by atoms with E-state index in [-0.39, 0.29) is 11.7 Å². The van der Waals surface area contributed by atoms with Crippen LogP contribution in [0.3, 0.4) is 0 Å². The molecule has 1 aliphatic rings. The topological polar surface area (TPSA) is 41.0 Å². The molecule has 112 valence electrons. The zero-order chi connectivity index (χ0) is 15.0. The van der Waals surface area contributed by atoms with Gasteiger partial charge in [-0.05, 0) is 56.6 Å². The minimum absolute atomic E-state index is 0.0518. The van der Waals surface area contributed by atoms with Crippen LogP contribution in [0.2, 0.25) is 0 Å². The second-order valence-corrected chi connectivity index (χ2v) is 5.91. The predicted octanol–water partition coefficient (Wildman–Crippen LogP) is 3.41. The Bertz CT molecular complexity index is 730. The Hall–Kier alpha value is -1.69. The van der Waals surface area contributed by atoms with Gasteiger partial charge in [-0.1, -0.05) is 0 Å². The first kappa shape index (κ1) is 14.3. The van der Waals surface area contributed by atoms with Crippen molar-refractivity contribution in [3.05, 3.63) is 28.8 Å². The Kier molecular flexibility index (Phi) is 3.80. The van der Waals surface area contributed by atoms with Crippen LogP contribution in [0.25, 0.3) is 11.0 Å². The lowest BCUT2D eigenvalue weighted by Crippen LogP contribution is -2.39. The quantitative estimate of drug-likeness (QED) is 0.864. The highest BCUT2D eigenvalue weighted by Crippen LogP contribution is 2.22. The molecule has 0 aliphatic carbocycles. The van der Waals surface area contributed by atoms with Crippen molar-refractivity contribution in [3.63, 3.8) is 0 Å². The molecule has 2 aromatic rings. The second kappa shape index (κ2) is 5.60. The molecule has 21 heavy (non-hydrogen) atoms. The fourth-order valence-electron chi connectivity index (χ4n) is 2.97. The van der Waals surface area contributed by atoms with Gasteiger partial charge in [-0.25, -0.2) is 4.39 Å². The summed E-state index contributed by atoms with van der Waals surface area (Å²) in [5.74, 6) is -0.279. The molecule has 4 nitrogen and oxygen atoms in total. The van der Waals surface area contributed by atoms with E-state index in [1.807, 2.05) is 11.8 Å². The van der Waals surface area contributed by atoms with E-state index in [4.69, 9.17) is 12.2 Å². The summed E-state index contributed by atoms with van der Waals surface area (Å²) in [5.41, 5.74) is 1.39. The summed E-state index contributed by atoms with van der Waals surface area (Å²) in [6.45, 7) is 3.42. The molecule has 0 radical (unpaired) electrons. The highest BCUT2D eigenvalue weighted by Gasteiger charge is 2.25. The molecule has 1 fully saturated rings. The minimum Gasteiger partial charge on any atom is -0.341 e. The summed E-state index contributed by atoms with van der Waals surface area (Å²) >= 11 is 5.31. The number of fused-ring (bicyclic) bond motifs is 1. The minimum atomic E-state index is -0.425. The van der Waals surface area contributed by atoms with Gasteiger partial charge in [0.1, 0.15) is 11.9 Å². The first-order valence-electron chi connectivity index (χ1n) is 7.26. The summed E-state index contributed by atoms with van der Waals surface area (Å²) < 4.78 is 15.7. The number of aromatic nitrogens is 2. The van der Waals surface area contributed by atoms with Crippen molar-refractivity contribution >= 4 is 29.2 Å². The molecule has 1 amide bonds. The van der Waals surface area contributed by atoms with Gasteiger partial charge in [-0.2, -0.15) is 0 Å². The monoisotopic (exact) mass is 307 g/mol. The van der Waals surface area contributed by atoms with Crippen LogP contribution >= 0.6 is 12.2 Å². The smallest absolute Gasteiger partial charge is 0.245 e. The Balaban J connectivity index is 1.98. The summed E-state index contributed by atoms with van der Waals surface area (Å²) in [4.78, 5) is 17.5. The van der Waals surface area contributed by atoms with Gasteiger partial charge in [0.15, 0.2) is 4.77 Å². The molecule has 1 unspecified atom stereocenters. The molecule has 0 spiro atoms. The number of amides is 1. The summed E-state index contributed by atoms with van der Waals surface area (Å²) in [6.07, 6.45) is 3.27. The third-order valence-electron chi connectivity index (χ3n) is 4.09. The van der Waals surface area contributed by atoms with Crippen molar-refractivity contribution in [1.29, 1.82) is 0 Å². The number of aromatic amines is 1. The molecule has 6 heteroatoms. The molecule has 1 N–H and O–H groups in total. The lowest BCUT2D eigenvalue weighted by atomic mass is 10.1. The van der Waals surface area contributed by atoms with Gasteiger partial charge in [-0.3, -0.25) is 4.79 Å². The largest absolute Gasteiger partial charge is 0.341 e. The molecule has 1 aromatic carbocycles. The average Bonchev–Trinajstić information content (AvgIpc) is 2.82. The molecular weight excluding hydrogens is 289 g/mol. The fourth-order valence-corrected chi connectivity index (χ4v) is 3.33. The van der Waals surface area contributed by atoms with Crippen LogP contribution < -0.4 is 0 Å². The van der Waals surface area contributed by atoms with Gasteiger partial charge in [-0.15, -0.1) is 0 Å². The van der Waals surface area contributed by atoms with Crippen molar-refractivity contribution < 1.29 is 9.18 Å². The third kappa shape index (κ3) is 2.60. The average molecular weight is 307 g/mol. The maximum Gasteiger partial charge on any atom is 0.245 e. The molecule has 2 heterocycles. The molecule has 1 aromatic heterocycles. The van der Waals surface area contributed by atoms with Crippen LogP contribution in [-0.2, 0) is 4.79 Å². The Labute approximate surface area is 127 Å². The van der Waals surface area contributed by atoms with Crippen LogP contribution in [0.1, 0.15) is 32.2 Å². The van der Waals surface area contributed by atoms with Crippen LogP contribution in [0.15, 0.2) is 18.2 Å². The standard InChI is InChI=1S/C15H18FN3OS/c1-10(14(20)18-7-3-2-4-8-18)19-13-9-11(16)5-6-12(13)17-15(19)21/h5-6,9-10H,2-4,7-8H2,1H3,(H,17,21). The van der Waals surface area contributed by atoms with Crippen LogP contribution in [-0.4, -0.2) is 33.4 Å². The van der Waals surface area contributed by atoms with Crippen LogP contribution in [0.5, 0.6) is 0 Å². The van der Waals surface area contributed by atoms with E-state index >= 15 is 0 Å². The summed E-state index contributed by atoms with van der Waals surface area (Å²) in [5, 5.41) is 0. The van der Waals surface area contributed by atoms with Crippen LogP contribution in [0, 0.1) is 10.6 Å². The fraction of sp³-hybridized carbons (Fsp3) is 0.467. The van der Waals surface area contributed by atoms with Crippen molar-refractivity contribution in [2.75, 3.05) is 13.1 Å². The first-order valence-corrected chi connectivity index (χ1v) is 7.67. The number of hydrogen-bond acceptors (Lipinski definition) is 2. The lowest BCUT2D eigenvalue weighted by Gasteiger charge is -2.29. The number of imidazole rings is 1. The number of piperidine rings is 1. The number of hydrogen-bond donors (Lipinski definition) is 1. The van der Waals surface area contributed by atoms with E-state index < -0.39 is 6.04 Å². The number of nitrogens with one attached hydrogen (secondary N) is 1. The number of halogens is 1. The normalized spacial score (nSPS) is 17.1. The maximum atomic E-state index is 13.5. The van der Waals surface area contributed by atoms with Crippen molar-refractivity contribution in [2.45, 2.75) is 32.2 Å². The first-order chi connectivity index (χ1) is 10.1. The van der Waals surface area contributed by atoms with E-state index in [0.717, 1.165) is 31.4 Å². The van der Waals surface area contributed by atoms with Gasteiger partial charge in [0.05, 0.1) is 11.0 Å². The molecule has 0 bridgehead atoms. The van der Waals surface area contributed by atoms with E-state index in [0.29, 0.717) is 10.3 Å². The van der Waals surface area contributed by atoms with Gasteiger partial charge in [0.25, 0.3) is 0 Å². The molecule has 1 atom stereocenters. The van der Waals surface area contributed by atoms with E-state index in [2.05, 4.69) is 4.98 Å². The van der Waals surface area contributed by atoms with Gasteiger partial charge in [0.2, 0.25) is 5.91 Å². The highest BCUT2D eigenvalue weighted by molar-refractivity contribution is 7.71. The highest BCUT2D eigenvalue weighted by atomic mass is 32.1.